The van der Waals surface area contributed by atoms with E-state index in [-0.39, 0.29) is 0 Å². The highest BCUT2D eigenvalue weighted by Crippen LogP contribution is 2.02. The van der Waals surface area contributed by atoms with Crippen molar-refractivity contribution in [2.45, 2.75) is 52.1 Å². The molecule has 0 aliphatic carbocycles. The first-order valence-corrected chi connectivity index (χ1v) is 5.45. The van der Waals surface area contributed by atoms with Crippen molar-refractivity contribution in [3.8, 4) is 0 Å². The maximum atomic E-state index is 3.26. The normalized spacial score (nSPS) is 14.1. The molecule has 0 aromatic carbocycles. The van der Waals surface area contributed by atoms with Crippen LogP contribution in [0.15, 0.2) is 0 Å². The van der Waals surface area contributed by atoms with Gasteiger partial charge < -0.3 is 10.2 Å². The van der Waals surface area contributed by atoms with Crippen LogP contribution in [0.1, 0.15) is 40.0 Å². The van der Waals surface area contributed by atoms with Crippen molar-refractivity contribution in [1.82, 2.24) is 10.2 Å². The first kappa shape index (κ1) is 12.9. The van der Waals surface area contributed by atoms with Crippen molar-refractivity contribution in [2.24, 2.45) is 0 Å². The first-order valence-electron chi connectivity index (χ1n) is 5.45. The summed E-state index contributed by atoms with van der Waals surface area (Å²) in [6, 6.07) is 1.35. The van der Waals surface area contributed by atoms with Crippen LogP contribution in [0, 0.1) is 0 Å². The predicted octanol–water partition coefficient (Wildman–Crippen LogP) is 2.10. The molecule has 0 aliphatic heterocycles. The fraction of sp³-hybridized carbons (Fsp3) is 1.00. The van der Waals surface area contributed by atoms with Crippen LogP contribution >= 0.6 is 0 Å². The molecule has 0 fully saturated rings. The van der Waals surface area contributed by atoms with Gasteiger partial charge in [-0.2, -0.15) is 0 Å². The van der Waals surface area contributed by atoms with E-state index in [0.717, 1.165) is 0 Å². The number of unbranched alkanes of at least 4 members (excludes halogenated alkanes) is 1. The monoisotopic (exact) mass is 186 g/mol. The standard InChI is InChI=1S/C11H26N2/c1-10(2)13(5)9-7-6-8-11(3)12-4/h10-12H,6-9H2,1-5H3. The highest BCUT2D eigenvalue weighted by molar-refractivity contribution is 4.60. The first-order chi connectivity index (χ1) is 6.07. The minimum atomic E-state index is 0.671. The molecule has 2 nitrogen and oxygen atoms in total. The van der Waals surface area contributed by atoms with E-state index < -0.39 is 0 Å². The Hall–Kier alpha value is -0.0800. The molecular weight excluding hydrogens is 160 g/mol. The van der Waals surface area contributed by atoms with Gasteiger partial charge in [-0.3, -0.25) is 0 Å². The molecule has 1 unspecified atom stereocenters. The van der Waals surface area contributed by atoms with E-state index in [1.165, 1.54) is 25.8 Å². The molecule has 0 bridgehead atoms. The van der Waals surface area contributed by atoms with E-state index in [1.807, 2.05) is 7.05 Å². The second-order valence-electron chi connectivity index (χ2n) is 4.26. The second kappa shape index (κ2) is 7.34. The smallest absolute Gasteiger partial charge is 0.00357 e. The summed E-state index contributed by atoms with van der Waals surface area (Å²) in [5.74, 6) is 0. The Bertz CT molecular complexity index is 113. The van der Waals surface area contributed by atoms with E-state index in [1.54, 1.807) is 0 Å². The van der Waals surface area contributed by atoms with E-state index in [4.69, 9.17) is 0 Å². The van der Waals surface area contributed by atoms with Gasteiger partial charge >= 0.3 is 0 Å². The lowest BCUT2D eigenvalue weighted by Gasteiger charge is -2.21. The fourth-order valence-electron chi connectivity index (χ4n) is 1.21. The van der Waals surface area contributed by atoms with Gasteiger partial charge in [-0.05, 0) is 54.3 Å². The second-order valence-corrected chi connectivity index (χ2v) is 4.26. The molecule has 1 N–H and O–H groups in total. The quantitative estimate of drug-likeness (QED) is 0.613. The highest BCUT2D eigenvalue weighted by Gasteiger charge is 2.02. The molecule has 0 radical (unpaired) electrons. The largest absolute Gasteiger partial charge is 0.317 e. The Morgan fingerprint density at radius 3 is 2.23 bits per heavy atom. The highest BCUT2D eigenvalue weighted by atomic mass is 15.1. The average Bonchev–Trinajstić information content (AvgIpc) is 2.11. The predicted molar refractivity (Wildman–Crippen MR) is 60.1 cm³/mol. The van der Waals surface area contributed by atoms with Gasteiger partial charge in [0.2, 0.25) is 0 Å². The Morgan fingerprint density at radius 1 is 1.15 bits per heavy atom. The summed E-state index contributed by atoms with van der Waals surface area (Å²) < 4.78 is 0. The molecular formula is C11H26N2. The summed E-state index contributed by atoms with van der Waals surface area (Å²) in [7, 11) is 4.23. The van der Waals surface area contributed by atoms with Crippen LogP contribution in [-0.4, -0.2) is 37.6 Å². The molecule has 80 valence electrons. The van der Waals surface area contributed by atoms with E-state index in [9.17, 15) is 0 Å². The molecule has 0 spiro atoms. The fourth-order valence-corrected chi connectivity index (χ4v) is 1.21. The van der Waals surface area contributed by atoms with Gasteiger partial charge in [0.15, 0.2) is 0 Å². The molecule has 0 aromatic rings. The molecule has 0 amide bonds. The maximum Gasteiger partial charge on any atom is 0.00357 e. The lowest BCUT2D eigenvalue weighted by Crippen LogP contribution is -2.27. The number of hydrogen-bond donors (Lipinski definition) is 1. The number of hydrogen-bond acceptors (Lipinski definition) is 2. The topological polar surface area (TPSA) is 15.3 Å². The van der Waals surface area contributed by atoms with Crippen molar-refractivity contribution < 1.29 is 0 Å². The third-order valence-corrected chi connectivity index (χ3v) is 2.77. The summed E-state index contributed by atoms with van der Waals surface area (Å²) in [6.07, 6.45) is 3.95. The molecule has 2 heteroatoms. The van der Waals surface area contributed by atoms with Gasteiger partial charge in [0.1, 0.15) is 0 Å². The van der Waals surface area contributed by atoms with Gasteiger partial charge in [0, 0.05) is 12.1 Å². The lowest BCUT2D eigenvalue weighted by atomic mass is 10.1. The van der Waals surface area contributed by atoms with Crippen LogP contribution in [-0.2, 0) is 0 Å². The zero-order valence-electron chi connectivity index (χ0n) is 9.93. The van der Waals surface area contributed by atoms with Crippen LogP contribution in [0.25, 0.3) is 0 Å². The summed E-state index contributed by atoms with van der Waals surface area (Å²) in [6.45, 7) is 7.96. The molecule has 0 aliphatic rings. The maximum absolute atomic E-state index is 3.26. The van der Waals surface area contributed by atoms with E-state index in [0.29, 0.717) is 12.1 Å². The molecule has 13 heavy (non-hydrogen) atoms. The Labute approximate surface area is 83.7 Å². The zero-order chi connectivity index (χ0) is 10.3. The molecule has 0 saturated carbocycles. The minimum absolute atomic E-state index is 0.671. The Kier molecular flexibility index (Phi) is 7.29. The third-order valence-electron chi connectivity index (χ3n) is 2.77. The summed E-state index contributed by atoms with van der Waals surface area (Å²) in [5, 5.41) is 3.26. The van der Waals surface area contributed by atoms with Crippen LogP contribution < -0.4 is 5.32 Å². The van der Waals surface area contributed by atoms with Gasteiger partial charge in [-0.15, -0.1) is 0 Å². The van der Waals surface area contributed by atoms with Gasteiger partial charge in [0.25, 0.3) is 0 Å². The van der Waals surface area contributed by atoms with Crippen molar-refractivity contribution in [3.63, 3.8) is 0 Å². The molecule has 1 atom stereocenters. The van der Waals surface area contributed by atoms with Crippen LogP contribution in [0.4, 0.5) is 0 Å². The van der Waals surface area contributed by atoms with Crippen molar-refractivity contribution >= 4 is 0 Å². The molecule has 0 aromatic heterocycles. The SMILES string of the molecule is CNC(C)CCCCN(C)C(C)C. The van der Waals surface area contributed by atoms with Gasteiger partial charge in [0.05, 0.1) is 0 Å². The van der Waals surface area contributed by atoms with Crippen molar-refractivity contribution in [3.05, 3.63) is 0 Å². The molecule has 0 saturated heterocycles. The summed E-state index contributed by atoms with van der Waals surface area (Å²) in [4.78, 5) is 2.41. The third kappa shape index (κ3) is 7.03. The van der Waals surface area contributed by atoms with E-state index in [2.05, 4.69) is 38.0 Å². The zero-order valence-corrected chi connectivity index (χ0v) is 9.93. The van der Waals surface area contributed by atoms with Crippen LogP contribution in [0.5, 0.6) is 0 Å². The van der Waals surface area contributed by atoms with Gasteiger partial charge in [-0.1, -0.05) is 6.42 Å². The molecule has 0 heterocycles. The summed E-state index contributed by atoms with van der Waals surface area (Å²) >= 11 is 0. The van der Waals surface area contributed by atoms with Crippen molar-refractivity contribution in [2.75, 3.05) is 20.6 Å². The van der Waals surface area contributed by atoms with Crippen molar-refractivity contribution in [1.29, 1.82) is 0 Å². The average molecular weight is 186 g/mol. The van der Waals surface area contributed by atoms with E-state index >= 15 is 0 Å². The Morgan fingerprint density at radius 2 is 1.77 bits per heavy atom. The number of nitrogens with one attached hydrogen (secondary N) is 1. The number of nitrogens with zero attached hydrogens (tertiary/aromatic N) is 1. The van der Waals surface area contributed by atoms with Crippen LogP contribution in [0.3, 0.4) is 0 Å². The minimum Gasteiger partial charge on any atom is -0.317 e. The Balaban J connectivity index is 3.25. The van der Waals surface area contributed by atoms with Gasteiger partial charge in [-0.25, -0.2) is 0 Å². The lowest BCUT2D eigenvalue weighted by molar-refractivity contribution is 0.266. The molecule has 0 rings (SSSR count). The van der Waals surface area contributed by atoms with Crippen LogP contribution in [0.2, 0.25) is 0 Å². The number of rotatable bonds is 7. The summed E-state index contributed by atoms with van der Waals surface area (Å²) in [5.41, 5.74) is 0.